The first-order valence-corrected chi connectivity index (χ1v) is 5.89. The van der Waals surface area contributed by atoms with Gasteiger partial charge in [-0.2, -0.15) is 0 Å². The Balaban J connectivity index is 2.09. The second-order valence-electron chi connectivity index (χ2n) is 4.43. The molecule has 1 aliphatic rings. The summed E-state index contributed by atoms with van der Waals surface area (Å²) in [5.74, 6) is 0.367. The molecular formula is C13H18N2O2. The third-order valence-electron chi connectivity index (χ3n) is 3.24. The van der Waals surface area contributed by atoms with Crippen LogP contribution in [-0.2, 0) is 4.74 Å². The van der Waals surface area contributed by atoms with Crippen molar-refractivity contribution in [1.29, 1.82) is 0 Å². The number of nitrogens with zero attached hydrogens (tertiary/aromatic N) is 1. The first kappa shape index (κ1) is 11.8. The molecule has 0 bridgehead atoms. The molecule has 0 radical (unpaired) electrons. The lowest BCUT2D eigenvalue weighted by molar-refractivity contribution is 0.111. The molecule has 1 fully saturated rings. The molecule has 2 N–H and O–H groups in total. The molecule has 92 valence electrons. The molecule has 4 heteroatoms. The van der Waals surface area contributed by atoms with Gasteiger partial charge in [-0.3, -0.25) is 0 Å². The first-order chi connectivity index (χ1) is 8.20. The van der Waals surface area contributed by atoms with Crippen LogP contribution in [0.5, 0.6) is 0 Å². The number of amides is 1. The fraction of sp³-hybridized carbons (Fsp3) is 0.462. The van der Waals surface area contributed by atoms with E-state index in [2.05, 4.69) is 6.07 Å². The van der Waals surface area contributed by atoms with Crippen molar-refractivity contribution in [2.75, 3.05) is 25.9 Å². The minimum absolute atomic E-state index is 0.237. The van der Waals surface area contributed by atoms with E-state index < -0.39 is 0 Å². The van der Waals surface area contributed by atoms with E-state index in [9.17, 15) is 4.79 Å². The van der Waals surface area contributed by atoms with Gasteiger partial charge in [-0.15, -0.1) is 0 Å². The second-order valence-corrected chi connectivity index (χ2v) is 4.43. The highest BCUT2D eigenvalue weighted by Crippen LogP contribution is 2.28. The molecule has 0 spiro atoms. The Morgan fingerprint density at radius 2 is 2.35 bits per heavy atom. The molecule has 1 atom stereocenters. The van der Waals surface area contributed by atoms with Gasteiger partial charge in [0.05, 0.1) is 7.11 Å². The predicted molar refractivity (Wildman–Crippen MR) is 66.8 cm³/mol. The number of hydrogen-bond acceptors (Lipinski definition) is 3. The molecule has 1 aliphatic heterocycles. The van der Waals surface area contributed by atoms with Crippen molar-refractivity contribution in [2.45, 2.75) is 18.8 Å². The van der Waals surface area contributed by atoms with Crippen molar-refractivity contribution < 1.29 is 9.53 Å². The zero-order valence-corrected chi connectivity index (χ0v) is 10.1. The van der Waals surface area contributed by atoms with Crippen molar-refractivity contribution in [3.05, 3.63) is 29.8 Å². The first-order valence-electron chi connectivity index (χ1n) is 5.89. The zero-order valence-electron chi connectivity index (χ0n) is 10.1. The summed E-state index contributed by atoms with van der Waals surface area (Å²) >= 11 is 0. The van der Waals surface area contributed by atoms with E-state index in [-0.39, 0.29) is 6.09 Å². The SMILES string of the molecule is COC(=O)N1CCCC(c2cccc(N)c2)C1. The lowest BCUT2D eigenvalue weighted by Crippen LogP contribution is -2.38. The Bertz CT molecular complexity index is 406. The molecule has 2 rings (SSSR count). The van der Waals surface area contributed by atoms with E-state index in [1.807, 2.05) is 18.2 Å². The summed E-state index contributed by atoms with van der Waals surface area (Å²) < 4.78 is 4.76. The van der Waals surface area contributed by atoms with Gasteiger partial charge in [0, 0.05) is 24.7 Å². The van der Waals surface area contributed by atoms with Crippen molar-refractivity contribution in [1.82, 2.24) is 4.90 Å². The average Bonchev–Trinajstić information content (AvgIpc) is 2.38. The van der Waals surface area contributed by atoms with Gasteiger partial charge in [-0.05, 0) is 30.5 Å². The molecule has 0 aliphatic carbocycles. The average molecular weight is 234 g/mol. The summed E-state index contributed by atoms with van der Waals surface area (Å²) in [5.41, 5.74) is 7.76. The van der Waals surface area contributed by atoms with E-state index in [0.29, 0.717) is 5.92 Å². The van der Waals surface area contributed by atoms with Gasteiger partial charge in [0.15, 0.2) is 0 Å². The molecule has 17 heavy (non-hydrogen) atoms. The maximum atomic E-state index is 11.5. The van der Waals surface area contributed by atoms with Gasteiger partial charge in [0.1, 0.15) is 0 Å². The zero-order chi connectivity index (χ0) is 12.3. The number of likely N-dealkylation sites (tertiary alicyclic amines) is 1. The number of anilines is 1. The number of carbonyl (C=O) groups excluding carboxylic acids is 1. The van der Waals surface area contributed by atoms with Gasteiger partial charge in [-0.1, -0.05) is 12.1 Å². The maximum Gasteiger partial charge on any atom is 0.409 e. The summed E-state index contributed by atoms with van der Waals surface area (Å²) in [6.45, 7) is 1.50. The van der Waals surface area contributed by atoms with Gasteiger partial charge >= 0.3 is 6.09 Å². The number of carbonyl (C=O) groups is 1. The van der Waals surface area contributed by atoms with Gasteiger partial charge in [0.2, 0.25) is 0 Å². The van der Waals surface area contributed by atoms with Gasteiger partial charge in [-0.25, -0.2) is 4.79 Å². The van der Waals surface area contributed by atoms with E-state index >= 15 is 0 Å². The largest absolute Gasteiger partial charge is 0.453 e. The van der Waals surface area contributed by atoms with Crippen molar-refractivity contribution >= 4 is 11.8 Å². The van der Waals surface area contributed by atoms with Crippen LogP contribution in [0.3, 0.4) is 0 Å². The number of methoxy groups -OCH3 is 1. The Morgan fingerprint density at radius 1 is 1.53 bits per heavy atom. The summed E-state index contributed by atoms with van der Waals surface area (Å²) in [6, 6.07) is 7.90. The number of rotatable bonds is 1. The van der Waals surface area contributed by atoms with Crippen molar-refractivity contribution in [2.24, 2.45) is 0 Å². The minimum Gasteiger partial charge on any atom is -0.453 e. The van der Waals surface area contributed by atoms with Crippen LogP contribution in [0.4, 0.5) is 10.5 Å². The molecule has 1 amide bonds. The van der Waals surface area contributed by atoms with Crippen molar-refractivity contribution in [3.8, 4) is 0 Å². The molecule has 4 nitrogen and oxygen atoms in total. The van der Waals surface area contributed by atoms with Crippen LogP contribution in [0.15, 0.2) is 24.3 Å². The minimum atomic E-state index is -0.237. The quantitative estimate of drug-likeness (QED) is 0.758. The van der Waals surface area contributed by atoms with Crippen LogP contribution in [0, 0.1) is 0 Å². The molecule has 1 unspecified atom stereocenters. The summed E-state index contributed by atoms with van der Waals surface area (Å²) in [7, 11) is 1.42. The Morgan fingerprint density at radius 3 is 3.06 bits per heavy atom. The number of hydrogen-bond donors (Lipinski definition) is 1. The molecule has 1 aromatic carbocycles. The fourth-order valence-electron chi connectivity index (χ4n) is 2.36. The van der Waals surface area contributed by atoms with Gasteiger partial charge in [0.25, 0.3) is 0 Å². The topological polar surface area (TPSA) is 55.6 Å². The number of ether oxygens (including phenoxy) is 1. The van der Waals surface area contributed by atoms with Crippen LogP contribution in [0.25, 0.3) is 0 Å². The van der Waals surface area contributed by atoms with E-state index in [1.165, 1.54) is 12.7 Å². The van der Waals surface area contributed by atoms with E-state index in [4.69, 9.17) is 10.5 Å². The smallest absolute Gasteiger partial charge is 0.409 e. The monoisotopic (exact) mass is 234 g/mol. The number of piperidine rings is 1. The highest BCUT2D eigenvalue weighted by Gasteiger charge is 2.25. The van der Waals surface area contributed by atoms with Crippen LogP contribution >= 0.6 is 0 Å². The predicted octanol–water partition coefficient (Wildman–Crippen LogP) is 2.21. The summed E-state index contributed by atoms with van der Waals surface area (Å²) in [4.78, 5) is 13.3. The standard InChI is InChI=1S/C13H18N2O2/c1-17-13(16)15-7-3-5-11(9-15)10-4-2-6-12(14)8-10/h2,4,6,8,11H,3,5,7,9,14H2,1H3. The Kier molecular flexibility index (Phi) is 3.52. The van der Waals surface area contributed by atoms with Crippen LogP contribution in [-0.4, -0.2) is 31.2 Å². The number of nitrogen functional groups attached to an aromatic ring is 1. The number of benzene rings is 1. The highest BCUT2D eigenvalue weighted by molar-refractivity contribution is 5.67. The van der Waals surface area contributed by atoms with E-state index in [1.54, 1.807) is 4.90 Å². The molecule has 1 saturated heterocycles. The van der Waals surface area contributed by atoms with E-state index in [0.717, 1.165) is 31.6 Å². The lowest BCUT2D eigenvalue weighted by atomic mass is 9.90. The molecular weight excluding hydrogens is 216 g/mol. The van der Waals surface area contributed by atoms with Crippen LogP contribution in [0.1, 0.15) is 24.3 Å². The third-order valence-corrected chi connectivity index (χ3v) is 3.24. The Labute approximate surface area is 101 Å². The second kappa shape index (κ2) is 5.08. The lowest BCUT2D eigenvalue weighted by Gasteiger charge is -2.32. The van der Waals surface area contributed by atoms with Crippen molar-refractivity contribution in [3.63, 3.8) is 0 Å². The normalized spacial score (nSPS) is 20.1. The van der Waals surface area contributed by atoms with Crippen LogP contribution in [0.2, 0.25) is 0 Å². The molecule has 0 saturated carbocycles. The summed E-state index contributed by atoms with van der Waals surface area (Å²) in [6.07, 6.45) is 1.87. The van der Waals surface area contributed by atoms with Crippen LogP contribution < -0.4 is 5.73 Å². The maximum absolute atomic E-state index is 11.5. The highest BCUT2D eigenvalue weighted by atomic mass is 16.5. The third kappa shape index (κ3) is 2.70. The number of nitrogens with two attached hydrogens (primary N) is 1. The van der Waals surface area contributed by atoms with Gasteiger partial charge < -0.3 is 15.4 Å². The fourth-order valence-corrected chi connectivity index (χ4v) is 2.36. The molecule has 1 aromatic rings. The summed E-state index contributed by atoms with van der Waals surface area (Å²) in [5, 5.41) is 0. The molecule has 0 aromatic heterocycles. The Hall–Kier alpha value is -1.71. The molecule has 1 heterocycles.